The van der Waals surface area contributed by atoms with E-state index in [1.807, 2.05) is 24.5 Å². The van der Waals surface area contributed by atoms with Gasteiger partial charge >= 0.3 is 0 Å². The molecule has 0 N–H and O–H groups in total. The van der Waals surface area contributed by atoms with Gasteiger partial charge in [0.05, 0.1) is 21.1 Å². The van der Waals surface area contributed by atoms with Crippen molar-refractivity contribution in [3.63, 3.8) is 0 Å². The average molecular weight is 331 g/mol. The Morgan fingerprint density at radius 1 is 1.20 bits per heavy atom. The molecule has 1 unspecified atom stereocenters. The molecule has 1 aromatic heterocycles. The minimum Gasteiger partial charge on any atom is -0.315 e. The van der Waals surface area contributed by atoms with Crippen LogP contribution in [0.15, 0.2) is 24.3 Å². The number of carbonyl (C=O) groups excluding carboxylic acids is 1. The molecule has 20 heavy (non-hydrogen) atoms. The number of alkyl halides is 1. The third-order valence-corrected chi connectivity index (χ3v) is 4.03. The number of hydrogen-bond donors (Lipinski definition) is 0. The molecule has 1 atom stereocenters. The summed E-state index contributed by atoms with van der Waals surface area (Å²) in [7, 11) is 0. The van der Waals surface area contributed by atoms with Crippen LogP contribution in [0, 0.1) is 13.8 Å². The number of carbonyl (C=O) groups is 1. The third-order valence-electron chi connectivity index (χ3n) is 3.22. The van der Waals surface area contributed by atoms with Crippen LogP contribution in [0.5, 0.6) is 0 Å². The summed E-state index contributed by atoms with van der Waals surface area (Å²) in [6.45, 7) is 5.43. The van der Waals surface area contributed by atoms with Crippen LogP contribution in [-0.2, 0) is 0 Å². The molecule has 2 nitrogen and oxygen atoms in total. The third kappa shape index (κ3) is 2.60. The summed E-state index contributed by atoms with van der Waals surface area (Å²) < 4.78 is 1.89. The zero-order valence-electron chi connectivity index (χ0n) is 11.4. The molecule has 0 aliphatic rings. The maximum Gasteiger partial charge on any atom is 0.182 e. The average Bonchev–Trinajstić information content (AvgIpc) is 2.65. The van der Waals surface area contributed by atoms with E-state index in [1.54, 1.807) is 25.1 Å². The van der Waals surface area contributed by atoms with Crippen LogP contribution in [0.4, 0.5) is 0 Å². The second kappa shape index (κ2) is 5.80. The molecule has 0 spiro atoms. The smallest absolute Gasteiger partial charge is 0.182 e. The van der Waals surface area contributed by atoms with Gasteiger partial charge in [0.15, 0.2) is 5.78 Å². The van der Waals surface area contributed by atoms with E-state index in [1.165, 1.54) is 0 Å². The van der Waals surface area contributed by atoms with Crippen molar-refractivity contribution in [2.45, 2.75) is 26.1 Å². The van der Waals surface area contributed by atoms with Crippen LogP contribution in [0.2, 0.25) is 10.0 Å². The number of ketones is 1. The molecule has 0 saturated carbocycles. The highest BCUT2D eigenvalue weighted by Crippen LogP contribution is 2.32. The molecule has 0 amide bonds. The summed E-state index contributed by atoms with van der Waals surface area (Å²) in [5.41, 5.74) is 2.96. The van der Waals surface area contributed by atoms with Gasteiger partial charge in [-0.1, -0.05) is 29.3 Å². The van der Waals surface area contributed by atoms with E-state index in [-0.39, 0.29) is 5.78 Å². The lowest BCUT2D eigenvalue weighted by molar-refractivity contribution is 0.0991. The first kappa shape index (κ1) is 15.4. The summed E-state index contributed by atoms with van der Waals surface area (Å²) in [6.07, 6.45) is 0. The molecule has 0 bridgehead atoms. The van der Waals surface area contributed by atoms with E-state index in [9.17, 15) is 4.79 Å². The Kier molecular flexibility index (Phi) is 4.48. The van der Waals surface area contributed by atoms with E-state index in [0.717, 1.165) is 11.4 Å². The fraction of sp³-hybridized carbons (Fsp3) is 0.267. The van der Waals surface area contributed by atoms with Crippen LogP contribution in [0.1, 0.15) is 28.7 Å². The Balaban J connectivity index is 2.68. The molecule has 106 valence electrons. The molecule has 0 aliphatic carbocycles. The van der Waals surface area contributed by atoms with Gasteiger partial charge in [-0.3, -0.25) is 4.79 Å². The Bertz CT molecular complexity index is 654. The standard InChI is InChI=1S/C15H14Cl3NO/c1-8-7-11(15(20)9(2)16)10(3)19(8)14-12(17)5-4-6-13(14)18/h4-7,9H,1-3H3. The van der Waals surface area contributed by atoms with Gasteiger partial charge in [-0.25, -0.2) is 0 Å². The topological polar surface area (TPSA) is 22.0 Å². The predicted molar refractivity (Wildman–Crippen MR) is 84.9 cm³/mol. The van der Waals surface area contributed by atoms with E-state index >= 15 is 0 Å². The van der Waals surface area contributed by atoms with Gasteiger partial charge in [-0.2, -0.15) is 0 Å². The van der Waals surface area contributed by atoms with Crippen molar-refractivity contribution < 1.29 is 4.79 Å². The van der Waals surface area contributed by atoms with Crippen molar-refractivity contribution in [1.82, 2.24) is 4.57 Å². The van der Waals surface area contributed by atoms with E-state index in [2.05, 4.69) is 0 Å². The molecule has 0 saturated heterocycles. The maximum absolute atomic E-state index is 12.1. The number of halogens is 3. The number of rotatable bonds is 3. The highest BCUT2D eigenvalue weighted by Gasteiger charge is 2.21. The second-order valence-corrected chi connectivity index (χ2v) is 6.14. The number of aromatic nitrogens is 1. The molecule has 5 heteroatoms. The Hall–Kier alpha value is -0.960. The first-order valence-corrected chi connectivity index (χ1v) is 7.35. The lowest BCUT2D eigenvalue weighted by Gasteiger charge is -2.13. The van der Waals surface area contributed by atoms with Crippen molar-refractivity contribution in [2.75, 3.05) is 0 Å². The van der Waals surface area contributed by atoms with Gasteiger partial charge in [-0.15, -0.1) is 11.6 Å². The predicted octanol–water partition coefficient (Wildman–Crippen LogP) is 5.21. The monoisotopic (exact) mass is 329 g/mol. The highest BCUT2D eigenvalue weighted by molar-refractivity contribution is 6.38. The number of para-hydroxylation sites is 1. The van der Waals surface area contributed by atoms with Gasteiger partial charge in [0.2, 0.25) is 0 Å². The zero-order valence-corrected chi connectivity index (χ0v) is 13.6. The lowest BCUT2D eigenvalue weighted by Crippen LogP contribution is -2.12. The Morgan fingerprint density at radius 2 is 1.75 bits per heavy atom. The van der Waals surface area contributed by atoms with Crippen LogP contribution in [-0.4, -0.2) is 15.7 Å². The van der Waals surface area contributed by atoms with Crippen molar-refractivity contribution in [3.05, 3.63) is 51.3 Å². The van der Waals surface area contributed by atoms with E-state index in [0.29, 0.717) is 21.3 Å². The fourth-order valence-electron chi connectivity index (χ4n) is 2.27. The number of nitrogens with zero attached hydrogens (tertiary/aromatic N) is 1. The highest BCUT2D eigenvalue weighted by atomic mass is 35.5. The normalized spacial score (nSPS) is 12.5. The largest absolute Gasteiger partial charge is 0.315 e. The van der Waals surface area contributed by atoms with Crippen LogP contribution in [0.25, 0.3) is 5.69 Å². The summed E-state index contributed by atoms with van der Waals surface area (Å²) in [4.78, 5) is 12.1. The Labute approximate surface area is 133 Å². The minimum atomic E-state index is -0.564. The summed E-state index contributed by atoms with van der Waals surface area (Å²) in [6, 6.07) is 7.14. The number of Topliss-reactive ketones (excluding diaryl/α,β-unsaturated/α-hetero) is 1. The lowest BCUT2D eigenvalue weighted by atomic mass is 10.1. The van der Waals surface area contributed by atoms with Gasteiger partial charge in [0.25, 0.3) is 0 Å². The zero-order chi connectivity index (χ0) is 15.0. The second-order valence-electron chi connectivity index (χ2n) is 4.67. The SMILES string of the molecule is Cc1cc(C(=O)C(C)Cl)c(C)n1-c1c(Cl)cccc1Cl. The molecule has 1 aromatic carbocycles. The van der Waals surface area contributed by atoms with E-state index in [4.69, 9.17) is 34.8 Å². The molecular formula is C15H14Cl3NO. The minimum absolute atomic E-state index is 0.103. The van der Waals surface area contributed by atoms with Crippen LogP contribution < -0.4 is 0 Å². The first-order valence-electron chi connectivity index (χ1n) is 6.16. The number of aryl methyl sites for hydroxylation is 1. The van der Waals surface area contributed by atoms with Crippen molar-refractivity contribution in [3.8, 4) is 5.69 Å². The van der Waals surface area contributed by atoms with Gasteiger partial charge in [-0.05, 0) is 39.0 Å². The van der Waals surface area contributed by atoms with Crippen molar-refractivity contribution >= 4 is 40.6 Å². The molecule has 2 rings (SSSR count). The summed E-state index contributed by atoms with van der Waals surface area (Å²) >= 11 is 18.4. The molecule has 0 radical (unpaired) electrons. The maximum atomic E-state index is 12.1. The van der Waals surface area contributed by atoms with Gasteiger partial charge in [0, 0.05) is 17.0 Å². The van der Waals surface area contributed by atoms with Crippen molar-refractivity contribution in [2.24, 2.45) is 0 Å². The first-order chi connectivity index (χ1) is 9.34. The Morgan fingerprint density at radius 3 is 2.25 bits per heavy atom. The van der Waals surface area contributed by atoms with Gasteiger partial charge < -0.3 is 4.57 Å². The van der Waals surface area contributed by atoms with Gasteiger partial charge in [0.1, 0.15) is 0 Å². The molecule has 1 heterocycles. The van der Waals surface area contributed by atoms with E-state index < -0.39 is 5.38 Å². The quantitative estimate of drug-likeness (QED) is 0.559. The summed E-state index contributed by atoms with van der Waals surface area (Å²) in [5, 5.41) is 0.514. The van der Waals surface area contributed by atoms with Crippen LogP contribution in [0.3, 0.4) is 0 Å². The number of hydrogen-bond acceptors (Lipinski definition) is 1. The molecule has 2 aromatic rings. The summed E-state index contributed by atoms with van der Waals surface area (Å²) in [5.74, 6) is -0.103. The van der Waals surface area contributed by atoms with Crippen molar-refractivity contribution in [1.29, 1.82) is 0 Å². The fourth-order valence-corrected chi connectivity index (χ4v) is 2.96. The number of benzene rings is 1. The molecular weight excluding hydrogens is 317 g/mol. The molecule has 0 aliphatic heterocycles. The molecule has 0 fully saturated rings. The van der Waals surface area contributed by atoms with Crippen LogP contribution >= 0.6 is 34.8 Å².